The lowest BCUT2D eigenvalue weighted by Gasteiger charge is -2.35. The van der Waals surface area contributed by atoms with E-state index in [9.17, 15) is 4.79 Å². The SMILES string of the molecule is C=C(COC)c1ccc(C2(CC)COC(=O)OC2)cc1. The van der Waals surface area contributed by atoms with Gasteiger partial charge in [-0.2, -0.15) is 0 Å². The summed E-state index contributed by atoms with van der Waals surface area (Å²) in [5.41, 5.74) is 2.85. The first-order valence-corrected chi connectivity index (χ1v) is 6.68. The van der Waals surface area contributed by atoms with E-state index >= 15 is 0 Å². The van der Waals surface area contributed by atoms with Crippen LogP contribution < -0.4 is 0 Å². The number of carbonyl (C=O) groups is 1. The summed E-state index contributed by atoms with van der Waals surface area (Å²) in [4.78, 5) is 11.0. The Hall–Kier alpha value is -1.81. The molecule has 0 bridgehead atoms. The third-order valence-corrected chi connectivity index (χ3v) is 3.83. The van der Waals surface area contributed by atoms with E-state index in [0.717, 1.165) is 23.1 Å². The molecule has 1 aliphatic rings. The number of hydrogen-bond donors (Lipinski definition) is 0. The number of methoxy groups -OCH3 is 1. The molecule has 1 aromatic rings. The summed E-state index contributed by atoms with van der Waals surface area (Å²) in [6.07, 6.45) is 0.262. The van der Waals surface area contributed by atoms with Gasteiger partial charge in [0.05, 0.1) is 12.0 Å². The average molecular weight is 276 g/mol. The van der Waals surface area contributed by atoms with Gasteiger partial charge in [-0.25, -0.2) is 4.79 Å². The number of cyclic esters (lactones) is 2. The van der Waals surface area contributed by atoms with Crippen LogP contribution in [-0.2, 0) is 19.6 Å². The van der Waals surface area contributed by atoms with E-state index in [2.05, 4.69) is 13.5 Å². The number of ether oxygens (including phenoxy) is 3. The maximum absolute atomic E-state index is 11.0. The normalized spacial score (nSPS) is 17.2. The highest BCUT2D eigenvalue weighted by Gasteiger charge is 2.37. The van der Waals surface area contributed by atoms with E-state index < -0.39 is 6.16 Å². The van der Waals surface area contributed by atoms with Gasteiger partial charge in [0.1, 0.15) is 13.2 Å². The summed E-state index contributed by atoms with van der Waals surface area (Å²) >= 11 is 0. The van der Waals surface area contributed by atoms with Crippen LogP contribution in [0.4, 0.5) is 4.79 Å². The van der Waals surface area contributed by atoms with Crippen LogP contribution in [0.2, 0.25) is 0 Å². The third-order valence-electron chi connectivity index (χ3n) is 3.83. The predicted octanol–water partition coefficient (Wildman–Crippen LogP) is 3.16. The van der Waals surface area contributed by atoms with Gasteiger partial charge in [-0.3, -0.25) is 0 Å². The van der Waals surface area contributed by atoms with E-state index in [1.807, 2.05) is 24.3 Å². The Morgan fingerprint density at radius 3 is 2.40 bits per heavy atom. The van der Waals surface area contributed by atoms with Gasteiger partial charge in [0.15, 0.2) is 0 Å². The second kappa shape index (κ2) is 6.09. The second-order valence-corrected chi connectivity index (χ2v) is 5.08. The number of benzene rings is 1. The lowest BCUT2D eigenvalue weighted by molar-refractivity contribution is -0.0285. The second-order valence-electron chi connectivity index (χ2n) is 5.08. The molecule has 1 saturated heterocycles. The van der Waals surface area contributed by atoms with Gasteiger partial charge in [-0.1, -0.05) is 37.8 Å². The molecule has 0 aliphatic carbocycles. The summed E-state index contributed by atoms with van der Waals surface area (Å²) in [6, 6.07) is 8.12. The van der Waals surface area contributed by atoms with Crippen molar-refractivity contribution < 1.29 is 19.0 Å². The molecule has 1 fully saturated rings. The van der Waals surface area contributed by atoms with Crippen LogP contribution in [0.1, 0.15) is 24.5 Å². The zero-order chi connectivity index (χ0) is 14.6. The zero-order valence-corrected chi connectivity index (χ0v) is 12.0. The van der Waals surface area contributed by atoms with Crippen molar-refractivity contribution in [2.45, 2.75) is 18.8 Å². The molecule has 0 spiro atoms. The van der Waals surface area contributed by atoms with Crippen LogP contribution in [-0.4, -0.2) is 33.1 Å². The minimum absolute atomic E-state index is 0.255. The van der Waals surface area contributed by atoms with Crippen LogP contribution in [0.25, 0.3) is 5.57 Å². The van der Waals surface area contributed by atoms with E-state index in [1.165, 1.54) is 0 Å². The first-order valence-electron chi connectivity index (χ1n) is 6.68. The molecule has 20 heavy (non-hydrogen) atoms. The molecule has 1 aliphatic heterocycles. The molecule has 2 rings (SSSR count). The lowest BCUT2D eigenvalue weighted by Crippen LogP contribution is -2.42. The van der Waals surface area contributed by atoms with Crippen molar-refractivity contribution in [2.24, 2.45) is 0 Å². The maximum Gasteiger partial charge on any atom is 0.508 e. The Kier molecular flexibility index (Phi) is 4.45. The lowest BCUT2D eigenvalue weighted by atomic mass is 9.79. The Labute approximate surface area is 119 Å². The van der Waals surface area contributed by atoms with Gasteiger partial charge in [0, 0.05) is 7.11 Å². The van der Waals surface area contributed by atoms with Crippen LogP contribution in [0.5, 0.6) is 0 Å². The molecule has 1 aromatic carbocycles. The molecular weight excluding hydrogens is 256 g/mol. The van der Waals surface area contributed by atoms with Crippen molar-refractivity contribution in [2.75, 3.05) is 26.9 Å². The maximum atomic E-state index is 11.0. The first kappa shape index (κ1) is 14.6. The summed E-state index contributed by atoms with van der Waals surface area (Å²) in [5.74, 6) is 0. The van der Waals surface area contributed by atoms with E-state index in [0.29, 0.717) is 19.8 Å². The molecule has 4 heteroatoms. The van der Waals surface area contributed by atoms with Crippen LogP contribution in [0.3, 0.4) is 0 Å². The van der Waals surface area contributed by atoms with Gasteiger partial charge >= 0.3 is 6.16 Å². The fraction of sp³-hybridized carbons (Fsp3) is 0.438. The van der Waals surface area contributed by atoms with E-state index in [-0.39, 0.29) is 5.41 Å². The van der Waals surface area contributed by atoms with Crippen molar-refractivity contribution in [3.05, 3.63) is 42.0 Å². The minimum atomic E-state index is -0.584. The fourth-order valence-corrected chi connectivity index (χ4v) is 2.37. The molecule has 0 N–H and O–H groups in total. The largest absolute Gasteiger partial charge is 0.508 e. The van der Waals surface area contributed by atoms with Crippen LogP contribution in [0.15, 0.2) is 30.8 Å². The fourth-order valence-electron chi connectivity index (χ4n) is 2.37. The molecule has 0 saturated carbocycles. The van der Waals surface area contributed by atoms with Crippen molar-refractivity contribution >= 4 is 11.7 Å². The van der Waals surface area contributed by atoms with E-state index in [1.54, 1.807) is 7.11 Å². The monoisotopic (exact) mass is 276 g/mol. The van der Waals surface area contributed by atoms with Crippen molar-refractivity contribution in [1.82, 2.24) is 0 Å². The van der Waals surface area contributed by atoms with Crippen molar-refractivity contribution in [3.63, 3.8) is 0 Å². The molecule has 0 aromatic heterocycles. The molecule has 4 nitrogen and oxygen atoms in total. The van der Waals surface area contributed by atoms with Crippen molar-refractivity contribution in [1.29, 1.82) is 0 Å². The van der Waals surface area contributed by atoms with E-state index in [4.69, 9.17) is 14.2 Å². The summed E-state index contributed by atoms with van der Waals surface area (Å²) in [6.45, 7) is 7.29. The standard InChI is InChI=1S/C16H20O4/c1-4-16(10-19-15(17)20-11-16)14-7-5-13(6-8-14)12(2)9-18-3/h5-8H,2,4,9-11H2,1,3H3. The number of carbonyl (C=O) groups excluding carboxylic acids is 1. The Morgan fingerprint density at radius 2 is 1.90 bits per heavy atom. The Balaban J connectivity index is 2.19. The Morgan fingerprint density at radius 1 is 1.30 bits per heavy atom. The van der Waals surface area contributed by atoms with Gasteiger partial charge in [0.25, 0.3) is 0 Å². The van der Waals surface area contributed by atoms with Gasteiger partial charge in [0.2, 0.25) is 0 Å². The average Bonchev–Trinajstić information content (AvgIpc) is 2.49. The van der Waals surface area contributed by atoms with Crippen LogP contribution in [0, 0.1) is 0 Å². The smallest absolute Gasteiger partial charge is 0.433 e. The highest BCUT2D eigenvalue weighted by Crippen LogP contribution is 2.32. The molecule has 0 atom stereocenters. The van der Waals surface area contributed by atoms with Crippen LogP contribution >= 0.6 is 0 Å². The van der Waals surface area contributed by atoms with Gasteiger partial charge in [-0.05, 0) is 23.1 Å². The highest BCUT2D eigenvalue weighted by atomic mass is 16.7. The van der Waals surface area contributed by atoms with Crippen molar-refractivity contribution in [3.8, 4) is 0 Å². The quantitative estimate of drug-likeness (QED) is 0.775. The van der Waals surface area contributed by atoms with Gasteiger partial charge in [-0.15, -0.1) is 0 Å². The van der Waals surface area contributed by atoms with Gasteiger partial charge < -0.3 is 14.2 Å². The minimum Gasteiger partial charge on any atom is -0.433 e. The molecule has 108 valence electrons. The molecule has 0 unspecified atom stereocenters. The predicted molar refractivity (Wildman–Crippen MR) is 76.6 cm³/mol. The first-order chi connectivity index (χ1) is 9.61. The zero-order valence-electron chi connectivity index (χ0n) is 12.0. The molecular formula is C16H20O4. The number of rotatable bonds is 5. The molecule has 0 radical (unpaired) electrons. The molecule has 0 amide bonds. The summed E-state index contributed by atoms with van der Waals surface area (Å²) in [7, 11) is 1.65. The number of hydrogen-bond acceptors (Lipinski definition) is 4. The Bertz CT molecular complexity index is 480. The summed E-state index contributed by atoms with van der Waals surface area (Å²) in [5, 5.41) is 0. The summed E-state index contributed by atoms with van der Waals surface area (Å²) < 4.78 is 15.2. The molecule has 1 heterocycles. The highest BCUT2D eigenvalue weighted by molar-refractivity contribution is 5.65. The third kappa shape index (κ3) is 2.85. The topological polar surface area (TPSA) is 44.8 Å².